The highest BCUT2D eigenvalue weighted by Crippen LogP contribution is 2.23. The molecule has 2 N–H and O–H groups in total. The Balaban J connectivity index is 1.63. The van der Waals surface area contributed by atoms with Gasteiger partial charge in [-0.15, -0.1) is 6.58 Å². The average Bonchev–Trinajstić information content (AvgIpc) is 3.07. The second kappa shape index (κ2) is 6.51. The number of nitrogens with one attached hydrogen (secondary N) is 2. The van der Waals surface area contributed by atoms with Crippen LogP contribution < -0.4 is 5.32 Å². The van der Waals surface area contributed by atoms with E-state index in [0.717, 1.165) is 16.8 Å². The summed E-state index contributed by atoms with van der Waals surface area (Å²) in [4.78, 5) is 29.2. The maximum atomic E-state index is 12.3. The number of rotatable bonds is 5. The number of carbonyl (C=O) groups excluding carboxylic acids is 2. The van der Waals surface area contributed by atoms with Crippen molar-refractivity contribution >= 4 is 22.7 Å². The first-order valence-electron chi connectivity index (χ1n) is 8.23. The molecule has 0 saturated carbocycles. The number of likely N-dealkylation sites (tertiary alicyclic amines) is 1. The molecule has 3 rings (SSSR count). The van der Waals surface area contributed by atoms with Crippen molar-refractivity contribution in [2.24, 2.45) is 5.92 Å². The van der Waals surface area contributed by atoms with E-state index < -0.39 is 0 Å². The van der Waals surface area contributed by atoms with Crippen LogP contribution in [0.1, 0.15) is 23.2 Å². The van der Waals surface area contributed by atoms with E-state index in [1.807, 2.05) is 12.1 Å². The minimum atomic E-state index is -0.266. The molecule has 1 fully saturated rings. The van der Waals surface area contributed by atoms with Gasteiger partial charge in [-0.05, 0) is 37.1 Å². The first-order valence-corrected chi connectivity index (χ1v) is 8.23. The van der Waals surface area contributed by atoms with Gasteiger partial charge < -0.3 is 15.2 Å². The van der Waals surface area contributed by atoms with Gasteiger partial charge >= 0.3 is 0 Å². The van der Waals surface area contributed by atoms with E-state index in [1.54, 1.807) is 11.0 Å². The van der Waals surface area contributed by atoms with E-state index in [2.05, 4.69) is 36.8 Å². The van der Waals surface area contributed by atoms with Gasteiger partial charge in [0.1, 0.15) is 0 Å². The number of aromatic nitrogens is 1. The zero-order chi connectivity index (χ0) is 17.3. The molecule has 24 heavy (non-hydrogen) atoms. The van der Waals surface area contributed by atoms with E-state index in [-0.39, 0.29) is 24.2 Å². The van der Waals surface area contributed by atoms with Gasteiger partial charge in [-0.1, -0.05) is 12.1 Å². The molecule has 5 nitrogen and oxygen atoms in total. The van der Waals surface area contributed by atoms with Crippen LogP contribution in [-0.2, 0) is 16.1 Å². The second-order valence-corrected chi connectivity index (χ2v) is 6.46. The molecule has 2 aromatic rings. The van der Waals surface area contributed by atoms with Crippen LogP contribution in [0.2, 0.25) is 0 Å². The Kier molecular flexibility index (Phi) is 4.42. The summed E-state index contributed by atoms with van der Waals surface area (Å²) in [6.45, 7) is 9.25. The fraction of sp³-hybridized carbons (Fsp3) is 0.368. The van der Waals surface area contributed by atoms with Crippen molar-refractivity contribution in [2.45, 2.75) is 26.8 Å². The first kappa shape index (κ1) is 16.3. The quantitative estimate of drug-likeness (QED) is 0.829. The molecule has 0 spiro atoms. The Hall–Kier alpha value is -2.56. The maximum absolute atomic E-state index is 12.3. The number of carbonyl (C=O) groups is 2. The topological polar surface area (TPSA) is 65.2 Å². The third-order valence-corrected chi connectivity index (χ3v) is 4.77. The number of amides is 2. The molecular weight excluding hydrogens is 302 g/mol. The van der Waals surface area contributed by atoms with E-state index >= 15 is 0 Å². The van der Waals surface area contributed by atoms with Crippen molar-refractivity contribution in [2.75, 3.05) is 13.1 Å². The van der Waals surface area contributed by atoms with Gasteiger partial charge in [-0.25, -0.2) is 0 Å². The Morgan fingerprint density at radius 1 is 1.46 bits per heavy atom. The van der Waals surface area contributed by atoms with Crippen molar-refractivity contribution in [3.05, 3.63) is 47.7 Å². The standard InChI is InChI=1S/C19H23N3O2/c1-4-7-22-11-15(9-18(22)23)19(24)20-10-14-5-6-17-16(8-14)12(2)13(3)21-17/h4-6,8,15,21H,1,7,9-11H2,2-3H3,(H,20,24)/t15-/m1/s1. The van der Waals surface area contributed by atoms with Crippen LogP contribution in [0.4, 0.5) is 0 Å². The molecule has 0 unspecified atom stereocenters. The molecule has 0 bridgehead atoms. The van der Waals surface area contributed by atoms with Gasteiger partial charge in [-0.2, -0.15) is 0 Å². The number of benzene rings is 1. The molecular formula is C19H23N3O2. The summed E-state index contributed by atoms with van der Waals surface area (Å²) in [5, 5.41) is 4.15. The monoisotopic (exact) mass is 325 g/mol. The molecule has 1 aliphatic rings. The van der Waals surface area contributed by atoms with E-state index in [0.29, 0.717) is 19.6 Å². The molecule has 1 aliphatic heterocycles. The summed E-state index contributed by atoms with van der Waals surface area (Å²) >= 11 is 0. The Labute approximate surface area is 141 Å². The smallest absolute Gasteiger partial charge is 0.225 e. The SMILES string of the molecule is C=CCN1C[C@H](C(=O)NCc2ccc3[nH]c(C)c(C)c3c2)CC1=O. The highest BCUT2D eigenvalue weighted by atomic mass is 16.2. The highest BCUT2D eigenvalue weighted by Gasteiger charge is 2.33. The highest BCUT2D eigenvalue weighted by molar-refractivity contribution is 5.89. The van der Waals surface area contributed by atoms with Crippen molar-refractivity contribution in [1.29, 1.82) is 0 Å². The van der Waals surface area contributed by atoms with Crippen LogP contribution in [0.25, 0.3) is 10.9 Å². The number of fused-ring (bicyclic) bond motifs is 1. The van der Waals surface area contributed by atoms with Crippen LogP contribution in [0.15, 0.2) is 30.9 Å². The van der Waals surface area contributed by atoms with E-state index in [4.69, 9.17) is 0 Å². The first-order chi connectivity index (χ1) is 11.5. The lowest BCUT2D eigenvalue weighted by atomic mass is 10.1. The van der Waals surface area contributed by atoms with Gasteiger partial charge in [-0.3, -0.25) is 9.59 Å². The average molecular weight is 325 g/mol. The maximum Gasteiger partial charge on any atom is 0.225 e. The molecule has 1 saturated heterocycles. The lowest BCUT2D eigenvalue weighted by Gasteiger charge is -2.14. The van der Waals surface area contributed by atoms with Crippen LogP contribution in [0.3, 0.4) is 0 Å². The second-order valence-electron chi connectivity index (χ2n) is 6.46. The van der Waals surface area contributed by atoms with Crippen LogP contribution in [-0.4, -0.2) is 34.8 Å². The summed E-state index contributed by atoms with van der Waals surface area (Å²) in [6, 6.07) is 6.17. The summed E-state index contributed by atoms with van der Waals surface area (Å²) in [5.74, 6) is -0.302. The predicted octanol–water partition coefficient (Wildman–Crippen LogP) is 2.44. The lowest BCUT2D eigenvalue weighted by Crippen LogP contribution is -2.32. The number of hydrogen-bond acceptors (Lipinski definition) is 2. The normalized spacial score (nSPS) is 17.5. The van der Waals surface area contributed by atoms with Crippen LogP contribution in [0.5, 0.6) is 0 Å². The molecule has 2 amide bonds. The summed E-state index contributed by atoms with van der Waals surface area (Å²) in [7, 11) is 0. The Morgan fingerprint density at radius 3 is 3.00 bits per heavy atom. The molecule has 2 heterocycles. The minimum Gasteiger partial charge on any atom is -0.358 e. The van der Waals surface area contributed by atoms with Gasteiger partial charge in [0, 0.05) is 42.7 Å². The summed E-state index contributed by atoms with van der Waals surface area (Å²) in [6.07, 6.45) is 1.98. The molecule has 1 atom stereocenters. The van der Waals surface area contributed by atoms with E-state index in [9.17, 15) is 9.59 Å². The van der Waals surface area contributed by atoms with Crippen LogP contribution in [0, 0.1) is 19.8 Å². The van der Waals surface area contributed by atoms with Crippen molar-refractivity contribution in [3.63, 3.8) is 0 Å². The molecule has 5 heteroatoms. The third kappa shape index (κ3) is 3.07. The Bertz CT molecular complexity index is 806. The Morgan fingerprint density at radius 2 is 2.25 bits per heavy atom. The van der Waals surface area contributed by atoms with Crippen molar-refractivity contribution in [3.8, 4) is 0 Å². The van der Waals surface area contributed by atoms with Crippen molar-refractivity contribution < 1.29 is 9.59 Å². The van der Waals surface area contributed by atoms with Crippen molar-refractivity contribution in [1.82, 2.24) is 15.2 Å². The largest absolute Gasteiger partial charge is 0.358 e. The number of hydrogen-bond donors (Lipinski definition) is 2. The van der Waals surface area contributed by atoms with E-state index in [1.165, 1.54) is 10.9 Å². The molecule has 1 aromatic heterocycles. The zero-order valence-corrected chi connectivity index (χ0v) is 14.2. The fourth-order valence-corrected chi connectivity index (χ4v) is 3.23. The number of aromatic amines is 1. The zero-order valence-electron chi connectivity index (χ0n) is 14.2. The van der Waals surface area contributed by atoms with Crippen LogP contribution >= 0.6 is 0 Å². The number of aryl methyl sites for hydroxylation is 2. The number of H-pyrrole nitrogens is 1. The molecule has 1 aromatic carbocycles. The van der Waals surface area contributed by atoms with Gasteiger partial charge in [0.15, 0.2) is 0 Å². The summed E-state index contributed by atoms with van der Waals surface area (Å²) in [5.41, 5.74) is 4.57. The molecule has 0 aliphatic carbocycles. The predicted molar refractivity (Wildman–Crippen MR) is 94.5 cm³/mol. The number of nitrogens with zero attached hydrogens (tertiary/aromatic N) is 1. The minimum absolute atomic E-state index is 0.0230. The third-order valence-electron chi connectivity index (χ3n) is 4.77. The molecule has 0 radical (unpaired) electrons. The fourth-order valence-electron chi connectivity index (χ4n) is 3.23. The van der Waals surface area contributed by atoms with Gasteiger partial charge in [0.05, 0.1) is 5.92 Å². The lowest BCUT2D eigenvalue weighted by molar-refractivity contribution is -0.128. The van der Waals surface area contributed by atoms with Gasteiger partial charge in [0.25, 0.3) is 0 Å². The van der Waals surface area contributed by atoms with Gasteiger partial charge in [0.2, 0.25) is 11.8 Å². The summed E-state index contributed by atoms with van der Waals surface area (Å²) < 4.78 is 0. The molecule has 126 valence electrons.